The average Bonchev–Trinajstić information content (AvgIpc) is 3.25. The molecule has 2 N–H and O–H groups in total. The summed E-state index contributed by atoms with van der Waals surface area (Å²) in [5.74, 6) is -0.836. The largest absolute Gasteiger partial charge is 0.351 e. The van der Waals surface area contributed by atoms with Crippen molar-refractivity contribution in [1.29, 1.82) is 0 Å². The summed E-state index contributed by atoms with van der Waals surface area (Å²) in [6.45, 7) is 2.34. The summed E-state index contributed by atoms with van der Waals surface area (Å²) >= 11 is 2.30. The third-order valence-corrected chi connectivity index (χ3v) is 7.64. The van der Waals surface area contributed by atoms with E-state index in [0.717, 1.165) is 35.7 Å². The number of hydrogen-bond acceptors (Lipinski definition) is 4. The first-order valence-corrected chi connectivity index (χ1v) is 12.9. The summed E-state index contributed by atoms with van der Waals surface area (Å²) in [5.41, 5.74) is 1.62. The third kappa shape index (κ3) is 4.92. The summed E-state index contributed by atoms with van der Waals surface area (Å²) < 4.78 is 2.39. The zero-order chi connectivity index (χ0) is 23.6. The van der Waals surface area contributed by atoms with Gasteiger partial charge < -0.3 is 15.5 Å². The number of likely N-dealkylation sites (N-methyl/N-ethyl adjacent to an activating group) is 1. The Morgan fingerprint density at radius 3 is 2.64 bits per heavy atom. The van der Waals surface area contributed by atoms with Crippen LogP contribution in [0.4, 0.5) is 0 Å². The highest BCUT2D eigenvalue weighted by Crippen LogP contribution is 2.27. The standard InChI is InChI=1S/C24H30IN5O3/c1-24(23(33)27-18-9-4-3-5-10-18)15-30-20(22(32)29(24)2)12-19(28-30)21(31)26-14-17-8-6-7-16(11-17)13-25/h6-8,11-12,18H,3-5,9-10,13-15H2,1-2H3,(H,26,31)(H,27,33). The predicted octanol–water partition coefficient (Wildman–Crippen LogP) is 3.04. The number of rotatable bonds is 6. The van der Waals surface area contributed by atoms with Gasteiger partial charge in [-0.15, -0.1) is 0 Å². The van der Waals surface area contributed by atoms with Crippen LogP contribution in [0.15, 0.2) is 30.3 Å². The Hall–Kier alpha value is -2.43. The van der Waals surface area contributed by atoms with Gasteiger partial charge in [0.2, 0.25) is 5.91 Å². The SMILES string of the molecule is CN1C(=O)c2cc(C(=O)NCc3cccc(CI)c3)nn2CC1(C)C(=O)NC1CCCCC1. The number of amides is 3. The first-order valence-electron chi connectivity index (χ1n) is 11.4. The average molecular weight is 563 g/mol. The van der Waals surface area contributed by atoms with Crippen LogP contribution in [-0.4, -0.2) is 51.0 Å². The number of fused-ring (bicyclic) bond motifs is 1. The van der Waals surface area contributed by atoms with E-state index in [0.29, 0.717) is 12.2 Å². The number of carbonyl (C=O) groups excluding carboxylic acids is 3. The number of nitrogens with zero attached hydrogens (tertiary/aromatic N) is 3. The first-order chi connectivity index (χ1) is 15.8. The second-order valence-electron chi connectivity index (χ2n) is 9.16. The number of nitrogens with one attached hydrogen (secondary N) is 2. The summed E-state index contributed by atoms with van der Waals surface area (Å²) in [6.07, 6.45) is 5.36. The highest BCUT2D eigenvalue weighted by Gasteiger charge is 2.46. The van der Waals surface area contributed by atoms with Gasteiger partial charge in [-0.05, 0) is 30.9 Å². The molecule has 176 valence electrons. The van der Waals surface area contributed by atoms with Gasteiger partial charge in [-0.3, -0.25) is 19.1 Å². The summed E-state index contributed by atoms with van der Waals surface area (Å²) in [5, 5.41) is 10.4. The van der Waals surface area contributed by atoms with Crippen molar-refractivity contribution in [2.45, 2.75) is 68.1 Å². The molecule has 8 nitrogen and oxygen atoms in total. The van der Waals surface area contributed by atoms with Gasteiger partial charge in [0, 0.05) is 30.1 Å². The predicted molar refractivity (Wildman–Crippen MR) is 133 cm³/mol. The van der Waals surface area contributed by atoms with Crippen molar-refractivity contribution in [2.24, 2.45) is 0 Å². The molecule has 1 unspecified atom stereocenters. The summed E-state index contributed by atoms with van der Waals surface area (Å²) in [6, 6.07) is 9.69. The first kappa shape index (κ1) is 23.7. The van der Waals surface area contributed by atoms with Crippen LogP contribution >= 0.6 is 22.6 Å². The van der Waals surface area contributed by atoms with E-state index in [1.54, 1.807) is 14.0 Å². The number of halogens is 1. The van der Waals surface area contributed by atoms with Gasteiger partial charge in [-0.1, -0.05) is 66.1 Å². The zero-order valence-corrected chi connectivity index (χ0v) is 21.2. The van der Waals surface area contributed by atoms with Gasteiger partial charge in [0.1, 0.15) is 11.2 Å². The third-order valence-electron chi connectivity index (χ3n) is 6.76. The Balaban J connectivity index is 1.47. The summed E-state index contributed by atoms with van der Waals surface area (Å²) in [7, 11) is 1.64. The van der Waals surface area contributed by atoms with Crippen LogP contribution < -0.4 is 10.6 Å². The van der Waals surface area contributed by atoms with Gasteiger partial charge in [0.05, 0.1) is 6.54 Å². The molecular formula is C24H30IN5O3. The van der Waals surface area contributed by atoms with Crippen molar-refractivity contribution in [2.75, 3.05) is 7.05 Å². The van der Waals surface area contributed by atoms with Gasteiger partial charge in [-0.25, -0.2) is 0 Å². The molecule has 1 aliphatic heterocycles. The molecule has 3 amide bonds. The number of carbonyl (C=O) groups is 3. The van der Waals surface area contributed by atoms with E-state index in [1.807, 2.05) is 18.2 Å². The van der Waals surface area contributed by atoms with Crippen molar-refractivity contribution < 1.29 is 14.4 Å². The maximum Gasteiger partial charge on any atom is 0.272 e. The van der Waals surface area contributed by atoms with Crippen molar-refractivity contribution in [3.63, 3.8) is 0 Å². The molecular weight excluding hydrogens is 533 g/mol. The van der Waals surface area contributed by atoms with E-state index in [1.165, 1.54) is 27.6 Å². The van der Waals surface area contributed by atoms with Gasteiger partial charge in [-0.2, -0.15) is 5.10 Å². The molecule has 1 atom stereocenters. The molecule has 1 aliphatic carbocycles. The number of alkyl halides is 1. The molecule has 0 saturated heterocycles. The van der Waals surface area contributed by atoms with Crippen molar-refractivity contribution in [1.82, 2.24) is 25.3 Å². The smallest absolute Gasteiger partial charge is 0.272 e. The number of benzene rings is 1. The van der Waals surface area contributed by atoms with Crippen molar-refractivity contribution in [3.05, 3.63) is 52.8 Å². The van der Waals surface area contributed by atoms with E-state index in [2.05, 4.69) is 44.4 Å². The molecule has 33 heavy (non-hydrogen) atoms. The molecule has 0 radical (unpaired) electrons. The van der Waals surface area contributed by atoms with E-state index in [-0.39, 0.29) is 36.0 Å². The lowest BCUT2D eigenvalue weighted by atomic mass is 9.92. The molecule has 0 bridgehead atoms. The second kappa shape index (κ2) is 9.82. The maximum absolute atomic E-state index is 13.2. The fourth-order valence-electron chi connectivity index (χ4n) is 4.52. The fraction of sp³-hybridized carbons (Fsp3) is 0.500. The molecule has 9 heteroatoms. The normalized spacial score (nSPS) is 20.9. The molecule has 1 aromatic carbocycles. The number of aromatic nitrogens is 2. The highest BCUT2D eigenvalue weighted by atomic mass is 127. The minimum atomic E-state index is -1.07. The molecule has 2 heterocycles. The lowest BCUT2D eigenvalue weighted by Gasteiger charge is -2.41. The van der Waals surface area contributed by atoms with Crippen LogP contribution in [0.2, 0.25) is 0 Å². The zero-order valence-electron chi connectivity index (χ0n) is 19.1. The lowest BCUT2D eigenvalue weighted by Crippen LogP contribution is -2.63. The molecule has 1 fully saturated rings. The van der Waals surface area contributed by atoms with Crippen molar-refractivity contribution >= 4 is 40.3 Å². The molecule has 1 aromatic heterocycles. The molecule has 0 spiro atoms. The van der Waals surface area contributed by atoms with Crippen molar-refractivity contribution in [3.8, 4) is 0 Å². The Bertz CT molecular complexity index is 1060. The second-order valence-corrected chi connectivity index (χ2v) is 9.92. The van der Waals surface area contributed by atoms with E-state index < -0.39 is 5.54 Å². The Kier molecular flexibility index (Phi) is 7.06. The highest BCUT2D eigenvalue weighted by molar-refractivity contribution is 14.1. The Labute approximate surface area is 207 Å². The van der Waals surface area contributed by atoms with Gasteiger partial charge in [0.25, 0.3) is 11.8 Å². The number of hydrogen-bond donors (Lipinski definition) is 2. The van der Waals surface area contributed by atoms with Crippen LogP contribution in [0.25, 0.3) is 0 Å². The quantitative estimate of drug-likeness (QED) is 0.418. The van der Waals surface area contributed by atoms with E-state index in [4.69, 9.17) is 0 Å². The molecule has 1 saturated carbocycles. The molecule has 2 aliphatic rings. The maximum atomic E-state index is 13.2. The minimum Gasteiger partial charge on any atom is -0.351 e. The van der Waals surface area contributed by atoms with Crippen LogP contribution in [0.1, 0.15) is 71.1 Å². The van der Waals surface area contributed by atoms with Crippen LogP contribution in [0.5, 0.6) is 0 Å². The minimum absolute atomic E-state index is 0.151. The molecule has 4 rings (SSSR count). The molecule has 2 aromatic rings. The fourth-order valence-corrected chi connectivity index (χ4v) is 5.00. The lowest BCUT2D eigenvalue weighted by molar-refractivity contribution is -0.133. The topological polar surface area (TPSA) is 96.3 Å². The van der Waals surface area contributed by atoms with Gasteiger partial charge >= 0.3 is 0 Å². The monoisotopic (exact) mass is 563 g/mol. The Morgan fingerprint density at radius 2 is 1.91 bits per heavy atom. The Morgan fingerprint density at radius 1 is 1.18 bits per heavy atom. The van der Waals surface area contributed by atoms with Crippen LogP contribution in [0.3, 0.4) is 0 Å². The van der Waals surface area contributed by atoms with Crippen LogP contribution in [-0.2, 0) is 22.3 Å². The van der Waals surface area contributed by atoms with Crippen LogP contribution in [0, 0.1) is 0 Å². The van der Waals surface area contributed by atoms with E-state index >= 15 is 0 Å². The van der Waals surface area contributed by atoms with Gasteiger partial charge in [0.15, 0.2) is 5.69 Å². The summed E-state index contributed by atoms with van der Waals surface area (Å²) in [4.78, 5) is 40.5. The van der Waals surface area contributed by atoms with E-state index in [9.17, 15) is 14.4 Å².